The maximum Gasteiger partial charge on any atom is 0.148 e. The molecule has 1 aromatic rings. The summed E-state index contributed by atoms with van der Waals surface area (Å²) >= 11 is 0. The number of hydrogen-bond acceptors (Lipinski definition) is 3. The fraction of sp³-hybridized carbons (Fsp3) is 0.429. The van der Waals surface area contributed by atoms with E-state index in [9.17, 15) is 0 Å². The zero-order valence-electron chi connectivity index (χ0n) is 6.20. The van der Waals surface area contributed by atoms with Crippen molar-refractivity contribution in [2.75, 3.05) is 5.32 Å². The van der Waals surface area contributed by atoms with Gasteiger partial charge in [-0.3, -0.25) is 0 Å². The zero-order valence-corrected chi connectivity index (χ0v) is 6.20. The predicted octanol–water partition coefficient (Wildman–Crippen LogP) is 1.30. The van der Waals surface area contributed by atoms with Crippen molar-refractivity contribution in [2.45, 2.75) is 19.9 Å². The predicted molar refractivity (Wildman–Crippen MR) is 40.8 cm³/mol. The molecule has 1 rings (SSSR count). The van der Waals surface area contributed by atoms with Crippen LogP contribution in [-0.4, -0.2) is 16.2 Å². The number of hydrogen-bond donors (Lipinski definition) is 1. The summed E-state index contributed by atoms with van der Waals surface area (Å²) in [5.41, 5.74) is 0. The van der Waals surface area contributed by atoms with Crippen LogP contribution in [0.4, 0.5) is 5.82 Å². The van der Waals surface area contributed by atoms with E-state index >= 15 is 0 Å². The van der Waals surface area contributed by atoms with Crippen molar-refractivity contribution in [1.82, 2.24) is 10.2 Å². The van der Waals surface area contributed by atoms with Crippen LogP contribution in [0.2, 0.25) is 0 Å². The second kappa shape index (κ2) is 3.15. The van der Waals surface area contributed by atoms with Crippen LogP contribution in [-0.2, 0) is 0 Å². The molecule has 0 aliphatic carbocycles. The van der Waals surface area contributed by atoms with Gasteiger partial charge in [0.05, 0.1) is 0 Å². The first-order chi connectivity index (χ1) is 4.79. The Kier molecular flexibility index (Phi) is 2.20. The van der Waals surface area contributed by atoms with Crippen LogP contribution in [0, 0.1) is 0 Å². The molecule has 3 nitrogen and oxygen atoms in total. The van der Waals surface area contributed by atoms with Crippen molar-refractivity contribution in [3.63, 3.8) is 0 Å². The van der Waals surface area contributed by atoms with Crippen LogP contribution >= 0.6 is 0 Å². The summed E-state index contributed by atoms with van der Waals surface area (Å²) in [6.07, 6.45) is 1.66. The Bertz CT molecular complexity index is 183. The highest BCUT2D eigenvalue weighted by Gasteiger charge is 1.93. The lowest BCUT2D eigenvalue weighted by Crippen LogP contribution is -2.10. The number of aromatic nitrogens is 2. The van der Waals surface area contributed by atoms with Crippen molar-refractivity contribution >= 4 is 5.82 Å². The average molecular weight is 137 g/mol. The number of nitrogens with zero attached hydrogens (tertiary/aromatic N) is 2. The van der Waals surface area contributed by atoms with E-state index in [2.05, 4.69) is 29.4 Å². The monoisotopic (exact) mass is 137 g/mol. The first-order valence-corrected chi connectivity index (χ1v) is 3.33. The SMILES string of the molecule is CC(C)Nc1cccnn1. The fourth-order valence-electron chi connectivity index (χ4n) is 0.674. The van der Waals surface area contributed by atoms with Gasteiger partial charge in [0.25, 0.3) is 0 Å². The van der Waals surface area contributed by atoms with Crippen molar-refractivity contribution < 1.29 is 0 Å². The zero-order chi connectivity index (χ0) is 7.40. The maximum absolute atomic E-state index is 3.86. The summed E-state index contributed by atoms with van der Waals surface area (Å²) in [4.78, 5) is 0. The highest BCUT2D eigenvalue weighted by Crippen LogP contribution is 1.99. The lowest BCUT2D eigenvalue weighted by molar-refractivity contribution is 0.873. The minimum atomic E-state index is 0.414. The summed E-state index contributed by atoms with van der Waals surface area (Å²) in [5, 5.41) is 10.7. The molecule has 0 atom stereocenters. The second-order valence-electron chi connectivity index (χ2n) is 2.41. The minimum absolute atomic E-state index is 0.414. The van der Waals surface area contributed by atoms with E-state index in [1.807, 2.05) is 12.1 Å². The van der Waals surface area contributed by atoms with Gasteiger partial charge in [0.1, 0.15) is 5.82 Å². The van der Waals surface area contributed by atoms with Crippen LogP contribution in [0.25, 0.3) is 0 Å². The van der Waals surface area contributed by atoms with Gasteiger partial charge in [0.2, 0.25) is 0 Å². The van der Waals surface area contributed by atoms with Crippen LogP contribution in [0.5, 0.6) is 0 Å². The molecule has 1 aromatic heterocycles. The van der Waals surface area contributed by atoms with Gasteiger partial charge in [0.15, 0.2) is 0 Å². The van der Waals surface area contributed by atoms with E-state index in [4.69, 9.17) is 0 Å². The molecule has 0 unspecified atom stereocenters. The number of rotatable bonds is 2. The molecule has 1 N–H and O–H groups in total. The molecule has 0 aromatic carbocycles. The van der Waals surface area contributed by atoms with Crippen LogP contribution < -0.4 is 5.32 Å². The van der Waals surface area contributed by atoms with Crippen molar-refractivity contribution in [2.24, 2.45) is 0 Å². The van der Waals surface area contributed by atoms with Crippen molar-refractivity contribution in [3.8, 4) is 0 Å². The van der Waals surface area contributed by atoms with E-state index < -0.39 is 0 Å². The summed E-state index contributed by atoms with van der Waals surface area (Å²) in [5.74, 6) is 0.831. The molecule has 0 saturated carbocycles. The van der Waals surface area contributed by atoms with Crippen LogP contribution in [0.1, 0.15) is 13.8 Å². The van der Waals surface area contributed by atoms with Gasteiger partial charge < -0.3 is 5.32 Å². The molecule has 0 aliphatic rings. The van der Waals surface area contributed by atoms with Crippen LogP contribution in [0.15, 0.2) is 18.3 Å². The fourth-order valence-corrected chi connectivity index (χ4v) is 0.674. The summed E-state index contributed by atoms with van der Waals surface area (Å²) in [6, 6.07) is 4.17. The smallest absolute Gasteiger partial charge is 0.148 e. The van der Waals surface area contributed by atoms with Gasteiger partial charge in [-0.15, -0.1) is 5.10 Å². The molecule has 0 amide bonds. The third-order valence-electron chi connectivity index (χ3n) is 1.01. The number of nitrogens with one attached hydrogen (secondary N) is 1. The molecule has 0 saturated heterocycles. The Hall–Kier alpha value is -1.12. The first-order valence-electron chi connectivity index (χ1n) is 3.33. The molecule has 3 heteroatoms. The molecule has 1 heterocycles. The molecule has 0 aliphatic heterocycles. The van der Waals surface area contributed by atoms with Gasteiger partial charge in [-0.25, -0.2) is 0 Å². The highest BCUT2D eigenvalue weighted by atomic mass is 15.2. The maximum atomic E-state index is 3.86. The molecular formula is C7H11N3. The largest absolute Gasteiger partial charge is 0.366 e. The standard InChI is InChI=1S/C7H11N3/c1-6(2)9-7-4-3-5-8-10-7/h3-6H,1-2H3,(H,9,10). The first kappa shape index (κ1) is 6.99. The van der Waals surface area contributed by atoms with Gasteiger partial charge in [-0.1, -0.05) is 0 Å². The van der Waals surface area contributed by atoms with Gasteiger partial charge in [-0.05, 0) is 26.0 Å². The Labute approximate surface area is 60.5 Å². The molecule has 0 fully saturated rings. The molecule has 0 bridgehead atoms. The van der Waals surface area contributed by atoms with Crippen molar-refractivity contribution in [3.05, 3.63) is 18.3 Å². The average Bonchev–Trinajstić information content (AvgIpc) is 1.88. The Morgan fingerprint density at radius 3 is 2.80 bits per heavy atom. The normalized spacial score (nSPS) is 9.90. The van der Waals surface area contributed by atoms with Crippen LogP contribution in [0.3, 0.4) is 0 Å². The molecule has 0 spiro atoms. The minimum Gasteiger partial charge on any atom is -0.366 e. The third kappa shape index (κ3) is 2.01. The molecule has 54 valence electrons. The summed E-state index contributed by atoms with van der Waals surface area (Å²) in [6.45, 7) is 4.13. The Morgan fingerprint density at radius 1 is 1.50 bits per heavy atom. The van der Waals surface area contributed by atoms with Gasteiger partial charge in [0, 0.05) is 12.2 Å². The van der Waals surface area contributed by atoms with E-state index in [0.717, 1.165) is 5.82 Å². The second-order valence-corrected chi connectivity index (χ2v) is 2.41. The third-order valence-corrected chi connectivity index (χ3v) is 1.01. The van der Waals surface area contributed by atoms with E-state index in [0.29, 0.717) is 6.04 Å². The highest BCUT2D eigenvalue weighted by molar-refractivity contribution is 5.32. The summed E-state index contributed by atoms with van der Waals surface area (Å²) in [7, 11) is 0. The quantitative estimate of drug-likeness (QED) is 0.667. The van der Waals surface area contributed by atoms with Gasteiger partial charge >= 0.3 is 0 Å². The van der Waals surface area contributed by atoms with Gasteiger partial charge in [-0.2, -0.15) is 5.10 Å². The topological polar surface area (TPSA) is 37.8 Å². The molecular weight excluding hydrogens is 126 g/mol. The lowest BCUT2D eigenvalue weighted by atomic mass is 10.4. The van der Waals surface area contributed by atoms with E-state index in [-0.39, 0.29) is 0 Å². The van der Waals surface area contributed by atoms with E-state index in [1.54, 1.807) is 6.20 Å². The Balaban J connectivity index is 2.59. The van der Waals surface area contributed by atoms with E-state index in [1.165, 1.54) is 0 Å². The van der Waals surface area contributed by atoms with Crippen molar-refractivity contribution in [1.29, 1.82) is 0 Å². The molecule has 10 heavy (non-hydrogen) atoms. The summed E-state index contributed by atoms with van der Waals surface area (Å²) < 4.78 is 0. The molecule has 0 radical (unpaired) electrons. The number of anilines is 1. The lowest BCUT2D eigenvalue weighted by Gasteiger charge is -2.06. The Morgan fingerprint density at radius 2 is 2.30 bits per heavy atom.